The Morgan fingerprint density at radius 1 is 1.30 bits per heavy atom. The van der Waals surface area contributed by atoms with Gasteiger partial charge in [0.05, 0.1) is 0 Å². The Hall–Kier alpha value is -0.723. The van der Waals surface area contributed by atoms with Crippen LogP contribution in [-0.2, 0) is 4.43 Å². The van der Waals surface area contributed by atoms with Crippen LogP contribution in [0.15, 0.2) is 4.42 Å². The van der Waals surface area contributed by atoms with Crippen LogP contribution in [0.5, 0.6) is 0 Å². The van der Waals surface area contributed by atoms with Crippen molar-refractivity contribution < 1.29 is 8.84 Å². The van der Waals surface area contributed by atoms with Gasteiger partial charge in [-0.2, -0.15) is 0 Å². The van der Waals surface area contributed by atoms with Crippen molar-refractivity contribution in [1.82, 2.24) is 10.2 Å². The SMILES string of the molecule is C[C@H](O[Si](C)(C)C(C)(C)C)c1nnc([C@H]2C[C@H](N)C2)o1. The molecule has 0 aliphatic heterocycles. The van der Waals surface area contributed by atoms with Crippen molar-refractivity contribution in [2.45, 2.75) is 76.7 Å². The van der Waals surface area contributed by atoms with Crippen LogP contribution in [0.2, 0.25) is 18.1 Å². The molecule has 1 atom stereocenters. The third-order valence-corrected chi connectivity index (χ3v) is 9.16. The molecule has 0 radical (unpaired) electrons. The molecular weight excluding hydrogens is 270 g/mol. The van der Waals surface area contributed by atoms with Gasteiger partial charge in [0.15, 0.2) is 8.32 Å². The van der Waals surface area contributed by atoms with E-state index in [2.05, 4.69) is 44.1 Å². The molecule has 2 N–H and O–H groups in total. The van der Waals surface area contributed by atoms with Gasteiger partial charge in [0, 0.05) is 12.0 Å². The van der Waals surface area contributed by atoms with E-state index in [0.29, 0.717) is 17.7 Å². The molecule has 6 heteroatoms. The minimum absolute atomic E-state index is 0.147. The van der Waals surface area contributed by atoms with E-state index in [4.69, 9.17) is 14.6 Å². The summed E-state index contributed by atoms with van der Waals surface area (Å²) in [6.07, 6.45) is 1.74. The Labute approximate surface area is 122 Å². The molecule has 1 saturated carbocycles. The molecule has 0 saturated heterocycles. The largest absolute Gasteiger partial charge is 0.422 e. The molecule has 0 unspecified atom stereocenters. The van der Waals surface area contributed by atoms with Crippen LogP contribution in [0.3, 0.4) is 0 Å². The fraction of sp³-hybridized carbons (Fsp3) is 0.857. The maximum absolute atomic E-state index is 6.27. The Bertz CT molecular complexity index is 461. The molecule has 2 rings (SSSR count). The molecule has 0 aromatic carbocycles. The van der Waals surface area contributed by atoms with Crippen LogP contribution in [0, 0.1) is 0 Å². The third kappa shape index (κ3) is 3.12. The first kappa shape index (κ1) is 15.7. The van der Waals surface area contributed by atoms with Gasteiger partial charge in [0.2, 0.25) is 11.8 Å². The summed E-state index contributed by atoms with van der Waals surface area (Å²) in [5, 5.41) is 8.47. The standard InChI is InChI=1S/C14H27N3O2Si/c1-9(19-20(5,6)14(2,3)4)12-16-17-13(18-12)10-7-11(15)8-10/h9-11H,7-8,15H2,1-6H3/t9-,10-,11-/m0/s1. The summed E-state index contributed by atoms with van der Waals surface area (Å²) >= 11 is 0. The minimum Gasteiger partial charge on any atom is -0.422 e. The number of rotatable bonds is 4. The zero-order valence-electron chi connectivity index (χ0n) is 13.4. The van der Waals surface area contributed by atoms with Gasteiger partial charge in [-0.15, -0.1) is 10.2 Å². The Balaban J connectivity index is 2.01. The molecule has 1 aromatic heterocycles. The highest BCUT2D eigenvalue weighted by molar-refractivity contribution is 6.74. The Morgan fingerprint density at radius 3 is 2.40 bits per heavy atom. The van der Waals surface area contributed by atoms with Gasteiger partial charge < -0.3 is 14.6 Å². The molecule has 1 aliphatic rings. The van der Waals surface area contributed by atoms with E-state index in [1.54, 1.807) is 0 Å². The second kappa shape index (κ2) is 5.24. The first-order valence-electron chi connectivity index (χ1n) is 7.37. The van der Waals surface area contributed by atoms with Crippen molar-refractivity contribution in [2.24, 2.45) is 5.73 Å². The van der Waals surface area contributed by atoms with E-state index in [9.17, 15) is 0 Å². The van der Waals surface area contributed by atoms with E-state index in [-0.39, 0.29) is 17.2 Å². The second-order valence-corrected chi connectivity index (χ2v) is 12.2. The van der Waals surface area contributed by atoms with E-state index >= 15 is 0 Å². The van der Waals surface area contributed by atoms with Crippen LogP contribution in [0.25, 0.3) is 0 Å². The van der Waals surface area contributed by atoms with Gasteiger partial charge in [0.1, 0.15) is 6.10 Å². The third-order valence-electron chi connectivity index (χ3n) is 4.61. The van der Waals surface area contributed by atoms with Crippen molar-refractivity contribution in [3.8, 4) is 0 Å². The molecule has 1 aliphatic carbocycles. The van der Waals surface area contributed by atoms with Gasteiger partial charge in [-0.1, -0.05) is 20.8 Å². The molecule has 0 bridgehead atoms. The summed E-state index contributed by atoms with van der Waals surface area (Å²) in [4.78, 5) is 0. The fourth-order valence-electron chi connectivity index (χ4n) is 2.11. The number of hydrogen-bond acceptors (Lipinski definition) is 5. The quantitative estimate of drug-likeness (QED) is 0.863. The molecule has 1 heterocycles. The summed E-state index contributed by atoms with van der Waals surface area (Å²) in [7, 11) is -1.82. The second-order valence-electron chi connectivity index (χ2n) is 7.43. The lowest BCUT2D eigenvalue weighted by atomic mass is 9.81. The van der Waals surface area contributed by atoms with Gasteiger partial charge in [-0.3, -0.25) is 0 Å². The summed E-state index contributed by atoms with van der Waals surface area (Å²) < 4.78 is 12.0. The first-order chi connectivity index (χ1) is 9.10. The molecule has 114 valence electrons. The number of hydrogen-bond donors (Lipinski definition) is 1. The predicted octanol–water partition coefficient (Wildman–Crippen LogP) is 3.36. The summed E-state index contributed by atoms with van der Waals surface area (Å²) in [5.74, 6) is 1.64. The minimum atomic E-state index is -1.82. The molecule has 1 aromatic rings. The first-order valence-corrected chi connectivity index (χ1v) is 10.3. The average molecular weight is 297 g/mol. The fourth-order valence-corrected chi connectivity index (χ4v) is 3.45. The van der Waals surface area contributed by atoms with Crippen LogP contribution in [-0.4, -0.2) is 24.6 Å². The van der Waals surface area contributed by atoms with Gasteiger partial charge in [-0.05, 0) is 37.9 Å². The summed E-state index contributed by atoms with van der Waals surface area (Å²) in [5.41, 5.74) is 5.79. The monoisotopic (exact) mass is 297 g/mol. The Morgan fingerprint density at radius 2 is 1.90 bits per heavy atom. The maximum Gasteiger partial charge on any atom is 0.243 e. The van der Waals surface area contributed by atoms with Crippen LogP contribution >= 0.6 is 0 Å². The topological polar surface area (TPSA) is 74.2 Å². The summed E-state index contributed by atoms with van der Waals surface area (Å²) in [6.45, 7) is 13.1. The van der Waals surface area contributed by atoms with E-state index in [0.717, 1.165) is 12.8 Å². The lowest BCUT2D eigenvalue weighted by Crippen LogP contribution is -2.41. The van der Waals surface area contributed by atoms with Crippen molar-refractivity contribution in [2.75, 3.05) is 0 Å². The van der Waals surface area contributed by atoms with Crippen LogP contribution < -0.4 is 5.73 Å². The predicted molar refractivity (Wildman–Crippen MR) is 80.9 cm³/mol. The number of nitrogens with two attached hydrogens (primary N) is 1. The van der Waals surface area contributed by atoms with Crippen molar-refractivity contribution in [1.29, 1.82) is 0 Å². The van der Waals surface area contributed by atoms with Gasteiger partial charge in [-0.25, -0.2) is 0 Å². The van der Waals surface area contributed by atoms with Crippen molar-refractivity contribution >= 4 is 8.32 Å². The average Bonchev–Trinajstić information content (AvgIpc) is 2.71. The van der Waals surface area contributed by atoms with E-state index in [1.165, 1.54) is 0 Å². The highest BCUT2D eigenvalue weighted by atomic mass is 28.4. The van der Waals surface area contributed by atoms with Crippen molar-refractivity contribution in [3.63, 3.8) is 0 Å². The van der Waals surface area contributed by atoms with Gasteiger partial charge in [0.25, 0.3) is 0 Å². The van der Waals surface area contributed by atoms with Gasteiger partial charge >= 0.3 is 0 Å². The highest BCUT2D eigenvalue weighted by Gasteiger charge is 2.40. The van der Waals surface area contributed by atoms with E-state index in [1.807, 2.05) is 6.92 Å². The maximum atomic E-state index is 6.27. The number of nitrogens with zero attached hydrogens (tertiary/aromatic N) is 2. The molecular formula is C14H27N3O2Si. The normalized spacial score (nSPS) is 25.4. The van der Waals surface area contributed by atoms with Crippen molar-refractivity contribution in [3.05, 3.63) is 11.8 Å². The molecule has 0 spiro atoms. The zero-order chi connectivity index (χ0) is 15.1. The number of aromatic nitrogens is 2. The Kier molecular flexibility index (Phi) is 4.10. The molecule has 0 amide bonds. The highest BCUT2D eigenvalue weighted by Crippen LogP contribution is 2.40. The lowest BCUT2D eigenvalue weighted by molar-refractivity contribution is 0.162. The van der Waals surface area contributed by atoms with E-state index < -0.39 is 8.32 Å². The van der Waals surface area contributed by atoms with Crippen LogP contribution in [0.1, 0.15) is 64.3 Å². The molecule has 1 fully saturated rings. The molecule has 20 heavy (non-hydrogen) atoms. The smallest absolute Gasteiger partial charge is 0.243 e. The molecule has 5 nitrogen and oxygen atoms in total. The summed E-state index contributed by atoms with van der Waals surface area (Å²) in [6, 6.07) is 0.288. The lowest BCUT2D eigenvalue weighted by Gasteiger charge is -2.37. The zero-order valence-corrected chi connectivity index (χ0v) is 14.4. The van der Waals surface area contributed by atoms with Crippen LogP contribution in [0.4, 0.5) is 0 Å².